The molecule has 5 rings (SSSR count). The lowest BCUT2D eigenvalue weighted by atomic mass is 10.1. The highest BCUT2D eigenvalue weighted by molar-refractivity contribution is 6.03. The molecule has 2 aromatic carbocycles. The Balaban J connectivity index is 1.22. The number of nitrogens with one attached hydrogen (secondary N) is 1. The van der Waals surface area contributed by atoms with Crippen molar-refractivity contribution in [2.24, 2.45) is 5.92 Å². The van der Waals surface area contributed by atoms with Crippen LogP contribution < -0.4 is 19.7 Å². The van der Waals surface area contributed by atoms with E-state index in [2.05, 4.69) is 20.4 Å². The number of aryl methyl sites for hydroxylation is 3. The van der Waals surface area contributed by atoms with Gasteiger partial charge >= 0.3 is 0 Å². The molecule has 1 unspecified atom stereocenters. The quantitative estimate of drug-likeness (QED) is 0.391. The van der Waals surface area contributed by atoms with E-state index in [0.717, 1.165) is 17.1 Å². The van der Waals surface area contributed by atoms with E-state index in [4.69, 9.17) is 9.47 Å². The largest absolute Gasteiger partial charge is 0.497 e. The normalized spacial score (nSPS) is 15.0. The third-order valence-electron chi connectivity index (χ3n) is 6.25. The Bertz CT molecular complexity index is 1480. The van der Waals surface area contributed by atoms with Gasteiger partial charge in [-0.15, -0.1) is 0 Å². The monoisotopic (exact) mass is 512 g/mol. The fourth-order valence-corrected chi connectivity index (χ4v) is 4.41. The Morgan fingerprint density at radius 3 is 2.34 bits per heavy atom. The topological polar surface area (TPSA) is 111 Å². The summed E-state index contributed by atoms with van der Waals surface area (Å²) >= 11 is 0. The number of amides is 2. The number of hydrogen-bond acceptors (Lipinski definition) is 7. The molecule has 10 heteroatoms. The number of anilines is 2. The van der Waals surface area contributed by atoms with Gasteiger partial charge in [0.1, 0.15) is 17.3 Å². The van der Waals surface area contributed by atoms with Gasteiger partial charge in [-0.1, -0.05) is 0 Å². The van der Waals surface area contributed by atoms with Crippen LogP contribution in [0.5, 0.6) is 17.4 Å². The third kappa shape index (κ3) is 5.34. The van der Waals surface area contributed by atoms with Gasteiger partial charge in [-0.2, -0.15) is 10.1 Å². The van der Waals surface area contributed by atoms with E-state index in [1.807, 2.05) is 32.0 Å². The van der Waals surface area contributed by atoms with Gasteiger partial charge in [-0.05, 0) is 75.4 Å². The number of carbonyl (C=O) groups is 2. The summed E-state index contributed by atoms with van der Waals surface area (Å²) in [5.41, 5.74) is 3.21. The first-order valence-electron chi connectivity index (χ1n) is 12.2. The SMILES string of the molecule is COc1ccc(N2CC(C(=O)Nc3ccc(Oc4cc(-n5nc(C)cc5C)nc(C)n4)cc3)CC2=O)cc1. The summed E-state index contributed by atoms with van der Waals surface area (Å²) in [6.07, 6.45) is 0.156. The average molecular weight is 513 g/mol. The molecule has 0 radical (unpaired) electrons. The van der Waals surface area contributed by atoms with Crippen LogP contribution in [0.4, 0.5) is 11.4 Å². The summed E-state index contributed by atoms with van der Waals surface area (Å²) in [5, 5.41) is 7.38. The summed E-state index contributed by atoms with van der Waals surface area (Å²) < 4.78 is 12.9. The number of rotatable bonds is 7. The summed E-state index contributed by atoms with van der Waals surface area (Å²) in [6, 6.07) is 17.9. The summed E-state index contributed by atoms with van der Waals surface area (Å²) in [6.45, 7) is 6.01. The molecule has 1 aliphatic heterocycles. The van der Waals surface area contributed by atoms with Gasteiger partial charge in [-0.25, -0.2) is 9.67 Å². The van der Waals surface area contributed by atoms with Gasteiger partial charge in [-0.3, -0.25) is 9.59 Å². The summed E-state index contributed by atoms with van der Waals surface area (Å²) in [7, 11) is 1.59. The predicted molar refractivity (Wildman–Crippen MR) is 142 cm³/mol. The number of carbonyl (C=O) groups excluding carboxylic acids is 2. The van der Waals surface area contributed by atoms with Crippen LogP contribution in [0.25, 0.3) is 5.82 Å². The second-order valence-corrected chi connectivity index (χ2v) is 9.17. The van der Waals surface area contributed by atoms with Gasteiger partial charge in [0, 0.05) is 36.1 Å². The molecule has 4 aromatic rings. The van der Waals surface area contributed by atoms with Crippen LogP contribution >= 0.6 is 0 Å². The van der Waals surface area contributed by atoms with Gasteiger partial charge in [0.2, 0.25) is 17.7 Å². The minimum absolute atomic E-state index is 0.0842. The fourth-order valence-electron chi connectivity index (χ4n) is 4.41. The molecular formula is C28H28N6O4. The van der Waals surface area contributed by atoms with E-state index in [-0.39, 0.29) is 18.2 Å². The maximum absolute atomic E-state index is 12.9. The van der Waals surface area contributed by atoms with Crippen molar-refractivity contribution in [2.45, 2.75) is 27.2 Å². The Hall–Kier alpha value is -4.73. The molecule has 0 bridgehead atoms. The number of ether oxygens (including phenoxy) is 2. The van der Waals surface area contributed by atoms with Crippen molar-refractivity contribution >= 4 is 23.2 Å². The number of nitrogens with zero attached hydrogens (tertiary/aromatic N) is 5. The minimum Gasteiger partial charge on any atom is -0.497 e. The predicted octanol–water partition coefficient (Wildman–Crippen LogP) is 4.38. The zero-order valence-corrected chi connectivity index (χ0v) is 21.6. The molecule has 1 N–H and O–H groups in total. The van der Waals surface area contributed by atoms with Crippen molar-refractivity contribution in [3.63, 3.8) is 0 Å². The molecule has 194 valence electrons. The van der Waals surface area contributed by atoms with Crippen molar-refractivity contribution in [2.75, 3.05) is 23.9 Å². The Labute approximate surface area is 220 Å². The van der Waals surface area contributed by atoms with Crippen molar-refractivity contribution in [1.29, 1.82) is 0 Å². The summed E-state index contributed by atoms with van der Waals surface area (Å²) in [5.74, 6) is 2.10. The first-order valence-corrected chi connectivity index (χ1v) is 12.2. The van der Waals surface area contributed by atoms with Crippen LogP contribution in [-0.4, -0.2) is 45.2 Å². The van der Waals surface area contributed by atoms with Gasteiger partial charge < -0.3 is 19.7 Å². The second-order valence-electron chi connectivity index (χ2n) is 9.17. The Kier molecular flexibility index (Phi) is 6.78. The maximum atomic E-state index is 12.9. The molecule has 0 saturated carbocycles. The van der Waals surface area contributed by atoms with Crippen LogP contribution in [0.3, 0.4) is 0 Å². The van der Waals surface area contributed by atoms with Crippen LogP contribution in [0.15, 0.2) is 60.7 Å². The van der Waals surface area contributed by atoms with Crippen LogP contribution in [0.2, 0.25) is 0 Å². The van der Waals surface area contributed by atoms with Gasteiger partial charge in [0.15, 0.2) is 5.82 Å². The molecule has 3 heterocycles. The third-order valence-corrected chi connectivity index (χ3v) is 6.25. The van der Waals surface area contributed by atoms with Crippen molar-refractivity contribution < 1.29 is 19.1 Å². The minimum atomic E-state index is -0.447. The van der Waals surface area contributed by atoms with Crippen LogP contribution in [0, 0.1) is 26.7 Å². The van der Waals surface area contributed by atoms with Crippen molar-refractivity contribution in [1.82, 2.24) is 19.7 Å². The standard InChI is InChI=1S/C28H28N6O4/c1-17-13-18(2)34(32-17)25-15-26(30-19(3)29-25)38-24-9-5-21(6-10-24)31-28(36)20-14-27(35)33(16-20)22-7-11-23(37-4)12-8-22/h5-13,15,20H,14,16H2,1-4H3,(H,31,36). The van der Waals surface area contributed by atoms with Gasteiger partial charge in [0.25, 0.3) is 0 Å². The van der Waals surface area contributed by atoms with Gasteiger partial charge in [0.05, 0.1) is 18.7 Å². The molecule has 1 fully saturated rings. The Morgan fingerprint density at radius 1 is 0.974 bits per heavy atom. The van der Waals surface area contributed by atoms with Crippen LogP contribution in [0.1, 0.15) is 23.6 Å². The first-order chi connectivity index (χ1) is 18.3. The zero-order valence-electron chi connectivity index (χ0n) is 21.6. The molecule has 1 atom stereocenters. The molecule has 2 aromatic heterocycles. The van der Waals surface area contributed by atoms with Crippen LogP contribution in [-0.2, 0) is 9.59 Å². The highest BCUT2D eigenvalue weighted by atomic mass is 16.5. The van der Waals surface area contributed by atoms with Crippen molar-refractivity contribution in [3.8, 4) is 23.2 Å². The molecular weight excluding hydrogens is 484 g/mol. The molecule has 10 nitrogen and oxygen atoms in total. The number of methoxy groups -OCH3 is 1. The van der Waals surface area contributed by atoms with E-state index in [9.17, 15) is 9.59 Å². The maximum Gasteiger partial charge on any atom is 0.229 e. The smallest absolute Gasteiger partial charge is 0.229 e. The molecule has 0 spiro atoms. The number of benzene rings is 2. The number of aromatic nitrogens is 4. The van der Waals surface area contributed by atoms with E-state index in [0.29, 0.717) is 41.3 Å². The molecule has 0 aliphatic carbocycles. The lowest BCUT2D eigenvalue weighted by Gasteiger charge is -2.17. The average Bonchev–Trinajstić information content (AvgIpc) is 3.46. The fraction of sp³-hybridized carbons (Fsp3) is 0.250. The van der Waals surface area contributed by atoms with E-state index in [1.165, 1.54) is 0 Å². The van der Waals surface area contributed by atoms with Crippen molar-refractivity contribution in [3.05, 3.63) is 77.9 Å². The molecule has 1 aliphatic rings. The van der Waals surface area contributed by atoms with E-state index in [1.54, 1.807) is 66.1 Å². The highest BCUT2D eigenvalue weighted by Crippen LogP contribution is 2.28. The lowest BCUT2D eigenvalue weighted by Crippen LogP contribution is -2.28. The first kappa shape index (κ1) is 24.9. The lowest BCUT2D eigenvalue weighted by molar-refractivity contribution is -0.122. The summed E-state index contributed by atoms with van der Waals surface area (Å²) in [4.78, 5) is 35.9. The highest BCUT2D eigenvalue weighted by Gasteiger charge is 2.35. The molecule has 38 heavy (non-hydrogen) atoms. The van der Waals surface area contributed by atoms with E-state index >= 15 is 0 Å². The Morgan fingerprint density at radius 2 is 1.68 bits per heavy atom. The molecule has 1 saturated heterocycles. The number of hydrogen-bond donors (Lipinski definition) is 1. The molecule has 2 amide bonds. The second kappa shape index (κ2) is 10.3. The van der Waals surface area contributed by atoms with E-state index < -0.39 is 5.92 Å². The zero-order chi connectivity index (χ0) is 26.8.